The molecule has 242 valence electrons. The van der Waals surface area contributed by atoms with Crippen molar-refractivity contribution in [3.8, 4) is 0 Å². The van der Waals surface area contributed by atoms with Gasteiger partial charge in [-0.25, -0.2) is 8.42 Å². The Kier molecular flexibility index (Phi) is 12.5. The molecule has 4 aromatic carbocycles. The van der Waals surface area contributed by atoms with Crippen LogP contribution in [0.2, 0.25) is 0 Å². The molecule has 0 spiro atoms. The summed E-state index contributed by atoms with van der Waals surface area (Å²) >= 11 is 5.03. The smallest absolute Gasteiger partial charge is 0.264 e. The van der Waals surface area contributed by atoms with Crippen LogP contribution in [0.5, 0.6) is 0 Å². The Labute approximate surface area is 285 Å². The predicted octanol–water partition coefficient (Wildman–Crippen LogP) is 7.09. The summed E-state index contributed by atoms with van der Waals surface area (Å²) in [7, 11) is -4.16. The van der Waals surface area contributed by atoms with Crippen molar-refractivity contribution in [3.05, 3.63) is 124 Å². The van der Waals surface area contributed by atoms with Gasteiger partial charge in [0.2, 0.25) is 11.8 Å². The van der Waals surface area contributed by atoms with Crippen molar-refractivity contribution in [2.45, 2.75) is 49.6 Å². The summed E-state index contributed by atoms with van der Waals surface area (Å²) in [5, 5.41) is 3.02. The standard InChI is InChI=1S/C36H40BrN3O4S2/c1-26(2)23-38-36(42)34(22-28-9-6-5-7-10-28)39(24-29-11-8-12-30(37)21-29)35(41)25-40(31-15-13-27(3)14-16-31)46(43,44)33-19-17-32(45-4)18-20-33/h5-21,26,34H,22-25H2,1-4H3,(H,38,42)/t34-/m1/s1. The zero-order chi connectivity index (χ0) is 33.3. The molecule has 0 fully saturated rings. The quantitative estimate of drug-likeness (QED) is 0.141. The molecular weight excluding hydrogens is 682 g/mol. The first-order valence-corrected chi connectivity index (χ1v) is 18.5. The Hall–Kier alpha value is -3.60. The van der Waals surface area contributed by atoms with E-state index in [9.17, 15) is 18.0 Å². The average Bonchev–Trinajstić information content (AvgIpc) is 3.05. The fraction of sp³-hybridized carbons (Fsp3) is 0.278. The fourth-order valence-electron chi connectivity index (χ4n) is 4.92. The Morgan fingerprint density at radius 1 is 0.870 bits per heavy atom. The van der Waals surface area contributed by atoms with Crippen LogP contribution in [0.1, 0.15) is 30.5 Å². The highest BCUT2D eigenvalue weighted by Gasteiger charge is 2.34. The zero-order valence-corrected chi connectivity index (χ0v) is 29.7. The Morgan fingerprint density at radius 2 is 1.52 bits per heavy atom. The maximum absolute atomic E-state index is 14.6. The molecular formula is C36H40BrN3O4S2. The summed E-state index contributed by atoms with van der Waals surface area (Å²) in [5.41, 5.74) is 3.00. The Balaban J connectivity index is 1.79. The van der Waals surface area contributed by atoms with Crippen molar-refractivity contribution in [3.63, 3.8) is 0 Å². The zero-order valence-electron chi connectivity index (χ0n) is 26.5. The van der Waals surface area contributed by atoms with E-state index >= 15 is 0 Å². The Morgan fingerprint density at radius 3 is 2.13 bits per heavy atom. The number of thioether (sulfide) groups is 1. The average molecular weight is 723 g/mol. The van der Waals surface area contributed by atoms with Crippen molar-refractivity contribution >= 4 is 55.2 Å². The molecule has 0 aliphatic carbocycles. The van der Waals surface area contributed by atoms with E-state index in [1.807, 2.05) is 93.8 Å². The maximum Gasteiger partial charge on any atom is 0.264 e. The second-order valence-electron chi connectivity index (χ2n) is 11.5. The molecule has 0 aliphatic heterocycles. The van der Waals surface area contributed by atoms with Crippen molar-refractivity contribution < 1.29 is 18.0 Å². The highest BCUT2D eigenvalue weighted by Crippen LogP contribution is 2.27. The summed E-state index contributed by atoms with van der Waals surface area (Å²) in [6.45, 7) is 5.99. The molecule has 1 atom stereocenters. The van der Waals surface area contributed by atoms with Gasteiger partial charge >= 0.3 is 0 Å². The van der Waals surface area contributed by atoms with Crippen LogP contribution in [-0.4, -0.2) is 50.5 Å². The van der Waals surface area contributed by atoms with Crippen molar-refractivity contribution in [1.82, 2.24) is 10.2 Å². The summed E-state index contributed by atoms with van der Waals surface area (Å²) in [6, 6.07) is 29.8. The van der Waals surface area contributed by atoms with E-state index in [1.54, 1.807) is 36.4 Å². The molecule has 0 unspecified atom stereocenters. The first kappa shape index (κ1) is 35.3. The maximum atomic E-state index is 14.6. The molecule has 0 heterocycles. The number of nitrogens with zero attached hydrogens (tertiary/aromatic N) is 2. The third kappa shape index (κ3) is 9.47. The summed E-state index contributed by atoms with van der Waals surface area (Å²) < 4.78 is 30.4. The molecule has 7 nitrogen and oxygen atoms in total. The van der Waals surface area contributed by atoms with Crippen LogP contribution < -0.4 is 9.62 Å². The van der Waals surface area contributed by atoms with Crippen LogP contribution in [0.15, 0.2) is 117 Å². The molecule has 0 bridgehead atoms. The first-order valence-electron chi connectivity index (χ1n) is 15.1. The lowest BCUT2D eigenvalue weighted by Crippen LogP contribution is -2.53. The van der Waals surface area contributed by atoms with Gasteiger partial charge in [0.05, 0.1) is 10.6 Å². The van der Waals surface area contributed by atoms with Gasteiger partial charge in [0.15, 0.2) is 0 Å². The van der Waals surface area contributed by atoms with Crippen molar-refractivity contribution in [2.75, 3.05) is 23.7 Å². The molecule has 10 heteroatoms. The number of halogens is 1. The van der Waals surface area contributed by atoms with Gasteiger partial charge in [-0.3, -0.25) is 13.9 Å². The van der Waals surface area contributed by atoms with Crippen LogP contribution in [0.3, 0.4) is 0 Å². The lowest BCUT2D eigenvalue weighted by molar-refractivity contribution is -0.140. The lowest BCUT2D eigenvalue weighted by atomic mass is 10.0. The third-order valence-electron chi connectivity index (χ3n) is 7.45. The van der Waals surface area contributed by atoms with E-state index < -0.39 is 28.5 Å². The molecule has 1 N–H and O–H groups in total. The molecule has 46 heavy (non-hydrogen) atoms. The van der Waals surface area contributed by atoms with Gasteiger partial charge < -0.3 is 10.2 Å². The molecule has 0 saturated carbocycles. The van der Waals surface area contributed by atoms with Crippen LogP contribution in [0.25, 0.3) is 0 Å². The second kappa shape index (κ2) is 16.3. The van der Waals surface area contributed by atoms with Gasteiger partial charge in [-0.2, -0.15) is 0 Å². The summed E-state index contributed by atoms with van der Waals surface area (Å²) in [4.78, 5) is 31.0. The number of amides is 2. The van der Waals surface area contributed by atoms with E-state index in [2.05, 4.69) is 21.2 Å². The minimum absolute atomic E-state index is 0.0766. The van der Waals surface area contributed by atoms with Gasteiger partial charge in [-0.15, -0.1) is 11.8 Å². The number of carbonyl (C=O) groups excluding carboxylic acids is 2. The number of hydrogen-bond donors (Lipinski definition) is 1. The number of sulfonamides is 1. The number of anilines is 1. The number of benzene rings is 4. The second-order valence-corrected chi connectivity index (χ2v) is 15.2. The number of aryl methyl sites for hydroxylation is 1. The molecule has 0 aliphatic rings. The summed E-state index contributed by atoms with van der Waals surface area (Å²) in [5.74, 6) is -0.584. The van der Waals surface area contributed by atoms with E-state index in [0.29, 0.717) is 12.2 Å². The molecule has 4 aromatic rings. The van der Waals surface area contributed by atoms with Crippen molar-refractivity contribution in [1.29, 1.82) is 0 Å². The minimum atomic E-state index is -4.16. The molecule has 0 radical (unpaired) electrons. The summed E-state index contributed by atoms with van der Waals surface area (Å²) in [6.07, 6.45) is 2.18. The molecule has 0 saturated heterocycles. The number of carbonyl (C=O) groups is 2. The van der Waals surface area contributed by atoms with Crippen molar-refractivity contribution in [2.24, 2.45) is 5.92 Å². The van der Waals surface area contributed by atoms with Crippen LogP contribution in [0, 0.1) is 12.8 Å². The highest BCUT2D eigenvalue weighted by atomic mass is 79.9. The van der Waals surface area contributed by atoms with Gasteiger partial charge in [0, 0.05) is 28.9 Å². The number of hydrogen-bond acceptors (Lipinski definition) is 5. The Bertz CT molecular complexity index is 1710. The fourth-order valence-corrected chi connectivity index (χ4v) is 7.19. The van der Waals surface area contributed by atoms with E-state index in [4.69, 9.17) is 0 Å². The van der Waals surface area contributed by atoms with E-state index in [0.717, 1.165) is 30.4 Å². The predicted molar refractivity (Wildman–Crippen MR) is 190 cm³/mol. The minimum Gasteiger partial charge on any atom is -0.354 e. The molecule has 0 aromatic heterocycles. The topological polar surface area (TPSA) is 86.8 Å². The van der Waals surface area contributed by atoms with Gasteiger partial charge in [0.1, 0.15) is 12.6 Å². The first-order chi connectivity index (χ1) is 22.0. The van der Waals surface area contributed by atoms with Gasteiger partial charge in [-0.05, 0) is 78.8 Å². The SMILES string of the molecule is CSc1ccc(S(=O)(=O)N(CC(=O)N(Cc2cccc(Br)c2)[C@H](Cc2ccccc2)C(=O)NCC(C)C)c2ccc(C)cc2)cc1. The van der Waals surface area contributed by atoms with Crippen LogP contribution in [0.4, 0.5) is 5.69 Å². The number of rotatable bonds is 14. The largest absolute Gasteiger partial charge is 0.354 e. The number of nitrogens with one attached hydrogen (secondary N) is 1. The van der Waals surface area contributed by atoms with Crippen LogP contribution in [-0.2, 0) is 32.6 Å². The monoisotopic (exact) mass is 721 g/mol. The van der Waals surface area contributed by atoms with Crippen LogP contribution >= 0.6 is 27.7 Å². The van der Waals surface area contributed by atoms with Gasteiger partial charge in [-0.1, -0.05) is 89.9 Å². The van der Waals surface area contributed by atoms with E-state index in [1.165, 1.54) is 16.7 Å². The highest BCUT2D eigenvalue weighted by molar-refractivity contribution is 9.10. The molecule has 4 rings (SSSR count). The normalized spacial score (nSPS) is 12.0. The lowest BCUT2D eigenvalue weighted by Gasteiger charge is -2.34. The van der Waals surface area contributed by atoms with Gasteiger partial charge in [0.25, 0.3) is 10.0 Å². The molecule has 2 amide bonds. The van der Waals surface area contributed by atoms with E-state index in [-0.39, 0.29) is 29.7 Å². The third-order valence-corrected chi connectivity index (χ3v) is 10.5.